The van der Waals surface area contributed by atoms with Gasteiger partial charge in [0.2, 0.25) is 0 Å². The maximum absolute atomic E-state index is 13.3. The van der Waals surface area contributed by atoms with E-state index in [0.717, 1.165) is 28.8 Å². The van der Waals surface area contributed by atoms with Gasteiger partial charge in [0.15, 0.2) is 5.65 Å². The van der Waals surface area contributed by atoms with E-state index in [1.807, 2.05) is 30.9 Å². The normalized spacial score (nSPS) is 17.4. The zero-order chi connectivity index (χ0) is 19.1. The van der Waals surface area contributed by atoms with Crippen LogP contribution >= 0.6 is 0 Å². The summed E-state index contributed by atoms with van der Waals surface area (Å²) in [5.41, 5.74) is 4.44. The Hall–Kier alpha value is -2.93. The van der Waals surface area contributed by atoms with Crippen LogP contribution in [0.1, 0.15) is 28.5 Å². The number of aryl methyl sites for hydroxylation is 2. The van der Waals surface area contributed by atoms with Gasteiger partial charge in [-0.05, 0) is 50.6 Å². The van der Waals surface area contributed by atoms with E-state index in [1.165, 1.54) is 0 Å². The van der Waals surface area contributed by atoms with Crippen LogP contribution in [0.5, 0.6) is 5.75 Å². The summed E-state index contributed by atoms with van der Waals surface area (Å²) in [5.74, 6) is 0.207. The molecule has 7 heteroatoms. The van der Waals surface area contributed by atoms with Crippen molar-refractivity contribution in [2.45, 2.75) is 26.8 Å². The SMILES string of the molecule is Cc1cc(O)ccc1-c1cc(C(=O)N2CCNC(C)C2)c2c(C)n[nH]c2n1. The molecule has 4 rings (SSSR count). The van der Waals surface area contributed by atoms with Gasteiger partial charge >= 0.3 is 0 Å². The maximum atomic E-state index is 13.3. The highest BCUT2D eigenvalue weighted by Crippen LogP contribution is 2.30. The Kier molecular flexibility index (Phi) is 4.31. The number of nitrogens with one attached hydrogen (secondary N) is 2. The van der Waals surface area contributed by atoms with E-state index in [-0.39, 0.29) is 17.7 Å². The quantitative estimate of drug-likeness (QED) is 0.648. The van der Waals surface area contributed by atoms with Gasteiger partial charge < -0.3 is 15.3 Å². The summed E-state index contributed by atoms with van der Waals surface area (Å²) in [6.07, 6.45) is 0. The number of carbonyl (C=O) groups is 1. The summed E-state index contributed by atoms with van der Waals surface area (Å²) < 4.78 is 0. The molecule has 1 atom stereocenters. The van der Waals surface area contributed by atoms with Crippen molar-refractivity contribution in [2.75, 3.05) is 19.6 Å². The number of aromatic amines is 1. The second-order valence-electron chi connectivity index (χ2n) is 7.19. The van der Waals surface area contributed by atoms with E-state index in [2.05, 4.69) is 27.4 Å². The van der Waals surface area contributed by atoms with Crippen LogP contribution in [0, 0.1) is 13.8 Å². The average Bonchev–Trinajstić information content (AvgIpc) is 3.01. The first-order valence-corrected chi connectivity index (χ1v) is 9.12. The van der Waals surface area contributed by atoms with Crippen LogP contribution in [0.4, 0.5) is 0 Å². The lowest BCUT2D eigenvalue weighted by Crippen LogP contribution is -2.51. The summed E-state index contributed by atoms with van der Waals surface area (Å²) in [6, 6.07) is 7.26. The van der Waals surface area contributed by atoms with E-state index < -0.39 is 0 Å². The molecule has 1 aromatic carbocycles. The average molecular weight is 365 g/mol. The fourth-order valence-electron chi connectivity index (χ4n) is 3.71. The molecule has 1 amide bonds. The van der Waals surface area contributed by atoms with Gasteiger partial charge in [0.05, 0.1) is 22.3 Å². The van der Waals surface area contributed by atoms with Crippen molar-refractivity contribution in [3.63, 3.8) is 0 Å². The van der Waals surface area contributed by atoms with Crippen molar-refractivity contribution in [2.24, 2.45) is 0 Å². The standard InChI is InChI=1S/C20H23N5O2/c1-11-8-14(26)4-5-15(11)17-9-16(18-13(3)23-24-19(18)22-17)20(27)25-7-6-21-12(2)10-25/h4-5,8-9,12,21,26H,6-7,10H2,1-3H3,(H,22,23,24). The molecule has 1 unspecified atom stereocenters. The van der Waals surface area contributed by atoms with Crippen molar-refractivity contribution < 1.29 is 9.90 Å². The van der Waals surface area contributed by atoms with Gasteiger partial charge in [-0.15, -0.1) is 0 Å². The Bertz CT molecular complexity index is 1030. The summed E-state index contributed by atoms with van der Waals surface area (Å²) >= 11 is 0. The van der Waals surface area contributed by atoms with Crippen LogP contribution in [-0.2, 0) is 0 Å². The highest BCUT2D eigenvalue weighted by atomic mass is 16.3. The second kappa shape index (κ2) is 6.66. The molecular formula is C20H23N5O2. The highest BCUT2D eigenvalue weighted by molar-refractivity contribution is 6.07. The summed E-state index contributed by atoms with van der Waals surface area (Å²) in [6.45, 7) is 8.01. The minimum absolute atomic E-state index is 0.00192. The summed E-state index contributed by atoms with van der Waals surface area (Å²) in [4.78, 5) is 19.9. The summed E-state index contributed by atoms with van der Waals surface area (Å²) in [7, 11) is 0. The number of rotatable bonds is 2. The van der Waals surface area contributed by atoms with E-state index in [9.17, 15) is 9.90 Å². The van der Waals surface area contributed by atoms with Crippen LogP contribution in [0.15, 0.2) is 24.3 Å². The second-order valence-corrected chi connectivity index (χ2v) is 7.19. The van der Waals surface area contributed by atoms with Crippen molar-refractivity contribution in [3.8, 4) is 17.0 Å². The number of fused-ring (bicyclic) bond motifs is 1. The van der Waals surface area contributed by atoms with E-state index in [0.29, 0.717) is 30.0 Å². The largest absolute Gasteiger partial charge is 0.508 e. The Balaban J connectivity index is 1.85. The fraction of sp³-hybridized carbons (Fsp3) is 0.350. The Morgan fingerprint density at radius 2 is 2.11 bits per heavy atom. The number of H-pyrrole nitrogens is 1. The van der Waals surface area contributed by atoms with Crippen molar-refractivity contribution in [1.29, 1.82) is 0 Å². The van der Waals surface area contributed by atoms with Gasteiger partial charge in [0, 0.05) is 31.2 Å². The van der Waals surface area contributed by atoms with Crippen LogP contribution in [0.2, 0.25) is 0 Å². The number of carbonyl (C=O) groups excluding carboxylic acids is 1. The Morgan fingerprint density at radius 1 is 1.30 bits per heavy atom. The van der Waals surface area contributed by atoms with Gasteiger partial charge in [-0.3, -0.25) is 9.89 Å². The van der Waals surface area contributed by atoms with Gasteiger partial charge in [-0.2, -0.15) is 5.10 Å². The predicted molar refractivity (Wildman–Crippen MR) is 104 cm³/mol. The molecule has 140 valence electrons. The molecule has 1 aliphatic heterocycles. The molecule has 0 radical (unpaired) electrons. The predicted octanol–water partition coefficient (Wildman–Crippen LogP) is 2.38. The molecule has 2 aromatic heterocycles. The van der Waals surface area contributed by atoms with Crippen LogP contribution < -0.4 is 5.32 Å². The number of hydrogen-bond acceptors (Lipinski definition) is 5. The van der Waals surface area contributed by atoms with Gasteiger partial charge in [0.1, 0.15) is 5.75 Å². The molecule has 27 heavy (non-hydrogen) atoms. The number of pyridine rings is 1. The molecule has 1 fully saturated rings. The molecule has 1 saturated heterocycles. The minimum Gasteiger partial charge on any atom is -0.508 e. The van der Waals surface area contributed by atoms with E-state index >= 15 is 0 Å². The maximum Gasteiger partial charge on any atom is 0.254 e. The lowest BCUT2D eigenvalue weighted by molar-refractivity contribution is 0.0711. The van der Waals surface area contributed by atoms with E-state index in [4.69, 9.17) is 0 Å². The monoisotopic (exact) mass is 365 g/mol. The number of hydrogen-bond donors (Lipinski definition) is 3. The molecule has 3 heterocycles. The van der Waals surface area contributed by atoms with Crippen LogP contribution in [-0.4, -0.2) is 56.8 Å². The fourth-order valence-corrected chi connectivity index (χ4v) is 3.71. The topological polar surface area (TPSA) is 94.1 Å². The van der Waals surface area contributed by atoms with Crippen molar-refractivity contribution in [3.05, 3.63) is 41.1 Å². The number of nitrogens with zero attached hydrogens (tertiary/aromatic N) is 3. The zero-order valence-electron chi connectivity index (χ0n) is 15.7. The molecule has 3 aromatic rings. The third kappa shape index (κ3) is 3.14. The van der Waals surface area contributed by atoms with Gasteiger partial charge in [-0.25, -0.2) is 4.98 Å². The Labute approximate surface area is 157 Å². The molecule has 3 N–H and O–H groups in total. The summed E-state index contributed by atoms with van der Waals surface area (Å²) in [5, 5.41) is 21.0. The number of aromatic hydroxyl groups is 1. The molecule has 0 saturated carbocycles. The first-order chi connectivity index (χ1) is 12.9. The lowest BCUT2D eigenvalue weighted by Gasteiger charge is -2.32. The number of piperazine rings is 1. The highest BCUT2D eigenvalue weighted by Gasteiger charge is 2.25. The lowest BCUT2D eigenvalue weighted by atomic mass is 10.0. The molecule has 1 aliphatic rings. The van der Waals surface area contributed by atoms with Crippen molar-refractivity contribution >= 4 is 16.9 Å². The van der Waals surface area contributed by atoms with Gasteiger partial charge in [0.25, 0.3) is 5.91 Å². The number of phenols is 1. The van der Waals surface area contributed by atoms with E-state index in [1.54, 1.807) is 12.1 Å². The first kappa shape index (κ1) is 17.5. The van der Waals surface area contributed by atoms with Crippen LogP contribution in [0.25, 0.3) is 22.3 Å². The number of benzene rings is 1. The molecular weight excluding hydrogens is 342 g/mol. The van der Waals surface area contributed by atoms with Crippen LogP contribution in [0.3, 0.4) is 0 Å². The zero-order valence-corrected chi connectivity index (χ0v) is 15.7. The molecule has 0 bridgehead atoms. The van der Waals surface area contributed by atoms with Gasteiger partial charge in [-0.1, -0.05) is 0 Å². The first-order valence-electron chi connectivity index (χ1n) is 9.12. The Morgan fingerprint density at radius 3 is 2.85 bits per heavy atom. The third-order valence-corrected chi connectivity index (χ3v) is 5.08. The number of amides is 1. The van der Waals surface area contributed by atoms with Crippen molar-refractivity contribution in [1.82, 2.24) is 25.4 Å². The molecule has 0 aliphatic carbocycles. The number of phenolic OH excluding ortho intramolecular Hbond substituents is 1. The minimum atomic E-state index is -0.00192. The smallest absolute Gasteiger partial charge is 0.254 e. The molecule has 0 spiro atoms. The molecule has 7 nitrogen and oxygen atoms in total. The number of aromatic nitrogens is 3. The third-order valence-electron chi connectivity index (χ3n) is 5.08.